The van der Waals surface area contributed by atoms with E-state index < -0.39 is 16.8 Å². The number of esters is 1. The predicted octanol–water partition coefficient (Wildman–Crippen LogP) is 2.06. The average Bonchev–Trinajstić information content (AvgIpc) is 2.52. The molecule has 0 saturated carbocycles. The summed E-state index contributed by atoms with van der Waals surface area (Å²) in [6, 6.07) is 8.05. The van der Waals surface area contributed by atoms with Crippen LogP contribution < -0.4 is 5.73 Å². The number of phenols is 1. The highest BCUT2D eigenvalue weighted by Gasteiger charge is 2.19. The van der Waals surface area contributed by atoms with Gasteiger partial charge in [-0.25, -0.2) is 4.79 Å². The first-order valence-electron chi connectivity index (χ1n) is 6.83. The molecule has 0 bridgehead atoms. The van der Waals surface area contributed by atoms with Crippen molar-refractivity contribution in [2.45, 2.75) is 13.5 Å². The third-order valence-electron chi connectivity index (χ3n) is 3.30. The first-order valence-corrected chi connectivity index (χ1v) is 6.83. The zero-order valence-corrected chi connectivity index (χ0v) is 12.7. The van der Waals surface area contributed by atoms with E-state index in [1.165, 1.54) is 24.3 Å². The van der Waals surface area contributed by atoms with Gasteiger partial charge in [0.1, 0.15) is 17.9 Å². The number of amides is 1. The Kier molecular flexibility index (Phi) is 4.78. The average molecular weight is 330 g/mol. The van der Waals surface area contributed by atoms with Gasteiger partial charge in [0.15, 0.2) is 0 Å². The van der Waals surface area contributed by atoms with Gasteiger partial charge in [-0.15, -0.1) is 0 Å². The maximum atomic E-state index is 12.0. The Hall–Kier alpha value is -3.42. The normalized spacial score (nSPS) is 10.2. The number of nitro benzene ring substituents is 1. The number of hydrogen-bond acceptors (Lipinski definition) is 6. The Morgan fingerprint density at radius 1 is 1.25 bits per heavy atom. The Balaban J connectivity index is 2.20. The first-order chi connectivity index (χ1) is 11.3. The van der Waals surface area contributed by atoms with Crippen LogP contribution >= 0.6 is 0 Å². The van der Waals surface area contributed by atoms with Gasteiger partial charge in [0.05, 0.1) is 10.5 Å². The number of nitro groups is 1. The van der Waals surface area contributed by atoms with Crippen molar-refractivity contribution in [3.63, 3.8) is 0 Å². The molecule has 0 atom stereocenters. The quantitative estimate of drug-likeness (QED) is 0.490. The number of phenolic OH excluding ortho intramolecular Hbond substituents is 1. The van der Waals surface area contributed by atoms with Crippen LogP contribution in [-0.2, 0) is 11.3 Å². The van der Waals surface area contributed by atoms with Crippen molar-refractivity contribution in [3.05, 3.63) is 68.8 Å². The number of carbonyl (C=O) groups is 2. The number of aromatic hydroxyl groups is 1. The molecule has 0 radical (unpaired) electrons. The van der Waals surface area contributed by atoms with Gasteiger partial charge >= 0.3 is 5.97 Å². The van der Waals surface area contributed by atoms with E-state index in [1.807, 2.05) is 0 Å². The lowest BCUT2D eigenvalue weighted by molar-refractivity contribution is -0.385. The largest absolute Gasteiger partial charge is 0.507 e. The van der Waals surface area contributed by atoms with Crippen molar-refractivity contribution < 1.29 is 24.4 Å². The fourth-order valence-electron chi connectivity index (χ4n) is 2.04. The van der Waals surface area contributed by atoms with Crippen molar-refractivity contribution in [1.82, 2.24) is 0 Å². The van der Waals surface area contributed by atoms with Gasteiger partial charge in [-0.1, -0.05) is 6.07 Å². The van der Waals surface area contributed by atoms with Crippen LogP contribution in [0.25, 0.3) is 0 Å². The zero-order valence-electron chi connectivity index (χ0n) is 12.7. The van der Waals surface area contributed by atoms with E-state index in [1.54, 1.807) is 13.0 Å². The molecule has 0 aliphatic carbocycles. The van der Waals surface area contributed by atoms with Crippen LogP contribution in [0.1, 0.15) is 31.8 Å². The van der Waals surface area contributed by atoms with Crippen LogP contribution in [-0.4, -0.2) is 21.9 Å². The minimum atomic E-state index is -0.819. The summed E-state index contributed by atoms with van der Waals surface area (Å²) in [5.74, 6) is -1.86. The van der Waals surface area contributed by atoms with Crippen molar-refractivity contribution >= 4 is 17.6 Å². The third-order valence-corrected chi connectivity index (χ3v) is 3.30. The summed E-state index contributed by atoms with van der Waals surface area (Å²) in [4.78, 5) is 33.5. The lowest BCUT2D eigenvalue weighted by Gasteiger charge is -2.08. The predicted molar refractivity (Wildman–Crippen MR) is 83.6 cm³/mol. The van der Waals surface area contributed by atoms with Gasteiger partial charge in [0, 0.05) is 11.6 Å². The van der Waals surface area contributed by atoms with E-state index >= 15 is 0 Å². The van der Waals surface area contributed by atoms with Crippen molar-refractivity contribution in [2.75, 3.05) is 0 Å². The van der Waals surface area contributed by atoms with E-state index in [4.69, 9.17) is 10.5 Å². The SMILES string of the molecule is Cc1ccc(C(=O)OCc2ccc(C(N)=O)cc2[N+](=O)[O-])c(O)c1. The number of rotatable bonds is 5. The summed E-state index contributed by atoms with van der Waals surface area (Å²) < 4.78 is 5.01. The molecule has 0 spiro atoms. The topological polar surface area (TPSA) is 133 Å². The molecule has 0 aromatic heterocycles. The fourth-order valence-corrected chi connectivity index (χ4v) is 2.04. The summed E-state index contributed by atoms with van der Waals surface area (Å²) >= 11 is 0. The molecule has 24 heavy (non-hydrogen) atoms. The minimum Gasteiger partial charge on any atom is -0.507 e. The Labute approximate surface area is 136 Å². The minimum absolute atomic E-state index is 0.0204. The van der Waals surface area contributed by atoms with Crippen LogP contribution in [0.3, 0.4) is 0 Å². The number of aryl methyl sites for hydroxylation is 1. The molecular formula is C16H14N2O6. The van der Waals surface area contributed by atoms with E-state index in [0.29, 0.717) is 0 Å². The number of primary amides is 1. The number of benzene rings is 2. The lowest BCUT2D eigenvalue weighted by Crippen LogP contribution is -2.12. The molecule has 3 N–H and O–H groups in total. The molecule has 0 aliphatic rings. The Morgan fingerprint density at radius 2 is 1.96 bits per heavy atom. The molecule has 2 rings (SSSR count). The second-order valence-electron chi connectivity index (χ2n) is 5.06. The molecule has 0 unspecified atom stereocenters. The van der Waals surface area contributed by atoms with E-state index in [-0.39, 0.29) is 34.7 Å². The highest BCUT2D eigenvalue weighted by molar-refractivity contribution is 5.94. The summed E-state index contributed by atoms with van der Waals surface area (Å²) in [7, 11) is 0. The Bertz CT molecular complexity index is 831. The second kappa shape index (κ2) is 6.78. The van der Waals surface area contributed by atoms with Crippen molar-refractivity contribution in [3.8, 4) is 5.75 Å². The van der Waals surface area contributed by atoms with Crippen LogP contribution in [0.2, 0.25) is 0 Å². The van der Waals surface area contributed by atoms with E-state index in [2.05, 4.69) is 0 Å². The standard InChI is InChI=1S/C16H14N2O6/c1-9-2-5-12(14(19)6-9)16(21)24-8-11-4-3-10(15(17)20)7-13(11)18(22)23/h2-7,19H,8H2,1H3,(H2,17,20). The number of hydrogen-bond donors (Lipinski definition) is 2. The number of nitrogens with zero attached hydrogens (tertiary/aromatic N) is 1. The highest BCUT2D eigenvalue weighted by Crippen LogP contribution is 2.23. The summed E-state index contributed by atoms with van der Waals surface area (Å²) in [5.41, 5.74) is 5.51. The number of nitrogens with two attached hydrogens (primary N) is 1. The molecule has 8 heteroatoms. The van der Waals surface area contributed by atoms with Crippen molar-refractivity contribution in [1.29, 1.82) is 0 Å². The molecule has 0 fully saturated rings. The van der Waals surface area contributed by atoms with Gasteiger partial charge in [-0.05, 0) is 36.8 Å². The maximum absolute atomic E-state index is 12.0. The van der Waals surface area contributed by atoms with Gasteiger partial charge < -0.3 is 15.6 Å². The molecule has 2 aromatic rings. The fraction of sp³-hybridized carbons (Fsp3) is 0.125. The molecule has 8 nitrogen and oxygen atoms in total. The molecule has 1 amide bonds. The van der Waals surface area contributed by atoms with Gasteiger partial charge in [0.25, 0.3) is 5.69 Å². The molecule has 124 valence electrons. The third kappa shape index (κ3) is 3.67. The summed E-state index contributed by atoms with van der Waals surface area (Å²) in [6.07, 6.45) is 0. The Morgan fingerprint density at radius 3 is 2.54 bits per heavy atom. The van der Waals surface area contributed by atoms with Crippen LogP contribution in [0.15, 0.2) is 36.4 Å². The zero-order chi connectivity index (χ0) is 17.9. The van der Waals surface area contributed by atoms with Crippen LogP contribution in [0.5, 0.6) is 5.75 Å². The molecule has 0 saturated heterocycles. The van der Waals surface area contributed by atoms with Gasteiger partial charge in [-0.3, -0.25) is 14.9 Å². The maximum Gasteiger partial charge on any atom is 0.342 e. The van der Waals surface area contributed by atoms with Crippen molar-refractivity contribution in [2.24, 2.45) is 5.73 Å². The molecular weight excluding hydrogens is 316 g/mol. The van der Waals surface area contributed by atoms with Crippen LogP contribution in [0.4, 0.5) is 5.69 Å². The lowest BCUT2D eigenvalue weighted by atomic mass is 10.1. The molecule has 2 aromatic carbocycles. The van der Waals surface area contributed by atoms with E-state index in [9.17, 15) is 24.8 Å². The highest BCUT2D eigenvalue weighted by atomic mass is 16.6. The number of ether oxygens (including phenoxy) is 1. The summed E-state index contributed by atoms with van der Waals surface area (Å²) in [5, 5.41) is 20.8. The van der Waals surface area contributed by atoms with E-state index in [0.717, 1.165) is 11.6 Å². The molecule has 0 heterocycles. The van der Waals surface area contributed by atoms with Gasteiger partial charge in [0.2, 0.25) is 5.91 Å². The first kappa shape index (κ1) is 16.9. The second-order valence-corrected chi connectivity index (χ2v) is 5.06. The smallest absolute Gasteiger partial charge is 0.342 e. The monoisotopic (exact) mass is 330 g/mol. The van der Waals surface area contributed by atoms with Gasteiger partial charge in [-0.2, -0.15) is 0 Å². The van der Waals surface area contributed by atoms with Crippen LogP contribution in [0, 0.1) is 17.0 Å². The molecule has 0 aliphatic heterocycles. The summed E-state index contributed by atoms with van der Waals surface area (Å²) in [6.45, 7) is 1.36. The number of carbonyl (C=O) groups excluding carboxylic acids is 2.